The monoisotopic (exact) mass is 357 g/mol. The van der Waals surface area contributed by atoms with Crippen molar-refractivity contribution < 1.29 is 0 Å². The van der Waals surface area contributed by atoms with Crippen molar-refractivity contribution in [1.82, 2.24) is 14.5 Å². The highest BCUT2D eigenvalue weighted by molar-refractivity contribution is 6.11. The van der Waals surface area contributed by atoms with E-state index in [0.29, 0.717) is 0 Å². The lowest BCUT2D eigenvalue weighted by molar-refractivity contribution is 0.130. The standard InChI is InChI=1S/C22H23N5/c1-2-17(3-1)26-9-8-22-25-20-13-16(5-7-21(20)27(22)11-10-26)15-4-6-18-19(12-15)24-14-23-18/h4-7,12-14,17,19H,1-3,8-11H2. The van der Waals surface area contributed by atoms with Crippen LogP contribution in [0.1, 0.15) is 30.7 Å². The van der Waals surface area contributed by atoms with E-state index in [1.807, 2.05) is 0 Å². The van der Waals surface area contributed by atoms with Gasteiger partial charge in [0.25, 0.3) is 0 Å². The molecule has 1 unspecified atom stereocenters. The molecule has 0 N–H and O–H groups in total. The van der Waals surface area contributed by atoms with E-state index in [1.165, 1.54) is 41.7 Å². The number of aromatic nitrogens is 2. The Balaban J connectivity index is 1.31. The van der Waals surface area contributed by atoms with Crippen molar-refractivity contribution in [1.29, 1.82) is 0 Å². The fourth-order valence-corrected chi connectivity index (χ4v) is 4.69. The second-order valence-electron chi connectivity index (χ2n) is 7.97. The van der Waals surface area contributed by atoms with Crippen molar-refractivity contribution in [2.45, 2.75) is 44.3 Å². The van der Waals surface area contributed by atoms with Gasteiger partial charge in [-0.2, -0.15) is 0 Å². The van der Waals surface area contributed by atoms with E-state index in [9.17, 15) is 0 Å². The molecule has 2 aliphatic heterocycles. The van der Waals surface area contributed by atoms with Gasteiger partial charge in [-0.1, -0.05) is 18.6 Å². The summed E-state index contributed by atoms with van der Waals surface area (Å²) in [7, 11) is 0. The molecule has 5 nitrogen and oxygen atoms in total. The van der Waals surface area contributed by atoms with Crippen LogP contribution in [-0.2, 0) is 13.0 Å². The summed E-state index contributed by atoms with van der Waals surface area (Å²) in [6.07, 6.45) is 13.3. The summed E-state index contributed by atoms with van der Waals surface area (Å²) in [5, 5.41) is 0. The van der Waals surface area contributed by atoms with Crippen molar-refractivity contribution >= 4 is 28.7 Å². The van der Waals surface area contributed by atoms with Gasteiger partial charge in [-0.05, 0) is 48.3 Å². The lowest BCUT2D eigenvalue weighted by Gasteiger charge is -2.36. The minimum Gasteiger partial charge on any atom is -0.327 e. The van der Waals surface area contributed by atoms with E-state index in [2.05, 4.69) is 55.9 Å². The van der Waals surface area contributed by atoms with Crippen LogP contribution in [0.5, 0.6) is 0 Å². The summed E-state index contributed by atoms with van der Waals surface area (Å²) in [6, 6.07) is 7.61. The minimum atomic E-state index is 0.0805. The van der Waals surface area contributed by atoms with Gasteiger partial charge in [-0.3, -0.25) is 9.89 Å². The van der Waals surface area contributed by atoms with Crippen molar-refractivity contribution in [3.05, 3.63) is 47.8 Å². The van der Waals surface area contributed by atoms with Crippen LogP contribution in [0.2, 0.25) is 0 Å². The molecule has 2 aromatic rings. The Labute approximate surface area is 158 Å². The van der Waals surface area contributed by atoms with Gasteiger partial charge in [-0.15, -0.1) is 0 Å². The first-order valence-corrected chi connectivity index (χ1v) is 10.1. The normalized spacial score (nSPS) is 25.0. The Morgan fingerprint density at radius 3 is 2.89 bits per heavy atom. The molecule has 1 aromatic heterocycles. The predicted molar refractivity (Wildman–Crippen MR) is 109 cm³/mol. The van der Waals surface area contributed by atoms with Gasteiger partial charge in [0.1, 0.15) is 18.2 Å². The molecule has 136 valence electrons. The van der Waals surface area contributed by atoms with Gasteiger partial charge in [0.05, 0.1) is 16.7 Å². The molecule has 0 saturated heterocycles. The average molecular weight is 357 g/mol. The van der Waals surface area contributed by atoms with Gasteiger partial charge in [0, 0.05) is 32.1 Å². The summed E-state index contributed by atoms with van der Waals surface area (Å²) in [5.41, 5.74) is 5.84. The number of hydrogen-bond donors (Lipinski definition) is 0. The maximum absolute atomic E-state index is 5.00. The Kier molecular flexibility index (Phi) is 3.44. The maximum atomic E-state index is 5.00. The summed E-state index contributed by atoms with van der Waals surface area (Å²) in [4.78, 5) is 16.4. The molecule has 5 heteroatoms. The van der Waals surface area contributed by atoms with Gasteiger partial charge >= 0.3 is 0 Å². The summed E-state index contributed by atoms with van der Waals surface area (Å²) < 4.78 is 2.44. The molecule has 0 bridgehead atoms. The number of benzene rings is 1. The fraction of sp³-hybridized carbons (Fsp3) is 0.409. The molecule has 1 aromatic carbocycles. The summed E-state index contributed by atoms with van der Waals surface area (Å²) >= 11 is 0. The summed E-state index contributed by atoms with van der Waals surface area (Å²) in [5.74, 6) is 1.24. The lowest BCUT2D eigenvalue weighted by atomic mass is 9.91. The Hall–Kier alpha value is -2.53. The molecule has 0 amide bonds. The molecule has 1 atom stereocenters. The van der Waals surface area contributed by atoms with E-state index in [-0.39, 0.29) is 6.04 Å². The van der Waals surface area contributed by atoms with Gasteiger partial charge in [0.2, 0.25) is 0 Å². The highest BCUT2D eigenvalue weighted by Crippen LogP contribution is 2.29. The fourth-order valence-electron chi connectivity index (χ4n) is 4.69. The minimum absolute atomic E-state index is 0.0805. The van der Waals surface area contributed by atoms with Gasteiger partial charge in [-0.25, -0.2) is 9.98 Å². The highest BCUT2D eigenvalue weighted by atomic mass is 15.2. The number of fused-ring (bicyclic) bond motifs is 4. The van der Waals surface area contributed by atoms with E-state index in [1.54, 1.807) is 6.34 Å². The van der Waals surface area contributed by atoms with Crippen molar-refractivity contribution in [2.24, 2.45) is 9.98 Å². The zero-order valence-corrected chi connectivity index (χ0v) is 15.4. The van der Waals surface area contributed by atoms with Crippen molar-refractivity contribution in [3.8, 4) is 0 Å². The molecule has 0 spiro atoms. The molecule has 0 radical (unpaired) electrons. The van der Waals surface area contributed by atoms with E-state index in [4.69, 9.17) is 4.98 Å². The van der Waals surface area contributed by atoms with Crippen LogP contribution in [0.3, 0.4) is 0 Å². The smallest absolute Gasteiger partial charge is 0.113 e. The van der Waals surface area contributed by atoms with Crippen molar-refractivity contribution in [2.75, 3.05) is 13.1 Å². The zero-order valence-electron chi connectivity index (χ0n) is 15.4. The number of hydrogen-bond acceptors (Lipinski definition) is 4. The number of nitrogens with zero attached hydrogens (tertiary/aromatic N) is 5. The molecule has 2 aliphatic carbocycles. The third-order valence-electron chi connectivity index (χ3n) is 6.49. The van der Waals surface area contributed by atoms with Crippen molar-refractivity contribution in [3.63, 3.8) is 0 Å². The van der Waals surface area contributed by atoms with Crippen LogP contribution < -0.4 is 0 Å². The maximum Gasteiger partial charge on any atom is 0.113 e. The second-order valence-corrected chi connectivity index (χ2v) is 7.97. The topological polar surface area (TPSA) is 45.8 Å². The number of imidazole rings is 1. The first kappa shape index (κ1) is 15.5. The number of aliphatic imine (C=N–C) groups is 2. The molecular formula is C22H23N5. The molecule has 4 aliphatic rings. The Morgan fingerprint density at radius 2 is 2.00 bits per heavy atom. The number of rotatable bonds is 2. The molecule has 3 heterocycles. The third kappa shape index (κ3) is 2.52. The van der Waals surface area contributed by atoms with Crippen LogP contribution in [0.4, 0.5) is 0 Å². The third-order valence-corrected chi connectivity index (χ3v) is 6.49. The Bertz CT molecular complexity index is 1030. The van der Waals surface area contributed by atoms with Crippen LogP contribution in [0, 0.1) is 0 Å². The molecule has 1 fully saturated rings. The summed E-state index contributed by atoms with van der Waals surface area (Å²) in [6.45, 7) is 3.36. The largest absolute Gasteiger partial charge is 0.327 e. The molecule has 27 heavy (non-hydrogen) atoms. The first-order valence-electron chi connectivity index (χ1n) is 10.1. The highest BCUT2D eigenvalue weighted by Gasteiger charge is 2.27. The van der Waals surface area contributed by atoms with E-state index >= 15 is 0 Å². The van der Waals surface area contributed by atoms with Gasteiger partial charge in [0.15, 0.2) is 0 Å². The molecular weight excluding hydrogens is 334 g/mol. The van der Waals surface area contributed by atoms with Crippen LogP contribution >= 0.6 is 0 Å². The van der Waals surface area contributed by atoms with Crippen LogP contribution in [0.15, 0.2) is 46.4 Å². The van der Waals surface area contributed by atoms with E-state index in [0.717, 1.165) is 43.3 Å². The Morgan fingerprint density at radius 1 is 1.04 bits per heavy atom. The van der Waals surface area contributed by atoms with E-state index < -0.39 is 0 Å². The SMILES string of the molecule is C1=CC2=NC=NC2C=C1c1ccc2c(c1)nc1n2CCN(C2CCC2)CC1. The lowest BCUT2D eigenvalue weighted by Crippen LogP contribution is -2.41. The second kappa shape index (κ2) is 5.99. The number of allylic oxidation sites excluding steroid dienone is 2. The quantitative estimate of drug-likeness (QED) is 0.828. The first-order chi connectivity index (χ1) is 13.3. The predicted octanol–water partition coefficient (Wildman–Crippen LogP) is 3.25. The van der Waals surface area contributed by atoms with Gasteiger partial charge < -0.3 is 4.57 Å². The average Bonchev–Trinajstić information content (AvgIpc) is 3.20. The molecule has 1 saturated carbocycles. The molecule has 6 rings (SSSR count). The zero-order chi connectivity index (χ0) is 17.8. The van der Waals surface area contributed by atoms with Crippen LogP contribution in [-0.4, -0.2) is 51.7 Å². The van der Waals surface area contributed by atoms with Crippen LogP contribution in [0.25, 0.3) is 16.6 Å².